The smallest absolute Gasteiger partial charge is 0.321 e. The number of esters is 2. The van der Waals surface area contributed by atoms with E-state index in [1.165, 1.54) is 57.6 Å². The number of nitrogens with one attached hydrogen (secondary N) is 2. The van der Waals surface area contributed by atoms with Gasteiger partial charge in [-0.25, -0.2) is 0 Å². The lowest BCUT2D eigenvalue weighted by Gasteiger charge is -2.19. The van der Waals surface area contributed by atoms with E-state index in [0.717, 1.165) is 81.1 Å². The Morgan fingerprint density at radius 3 is 2.05 bits per heavy atom. The van der Waals surface area contributed by atoms with Crippen LogP contribution in [0.1, 0.15) is 208 Å². The van der Waals surface area contributed by atoms with Crippen LogP contribution >= 0.6 is 0 Å². The number of allylic oxidation sites excluding steroid dienone is 1. The Morgan fingerprint density at radius 2 is 1.40 bits per heavy atom. The van der Waals surface area contributed by atoms with Gasteiger partial charge in [0.2, 0.25) is 0 Å². The van der Waals surface area contributed by atoms with Crippen molar-refractivity contribution in [1.82, 2.24) is 19.9 Å². The number of H-pyrrole nitrogens is 2. The van der Waals surface area contributed by atoms with E-state index in [2.05, 4.69) is 77.5 Å². The molecule has 10 heteroatoms. The maximum Gasteiger partial charge on any atom is 0.321 e. The third-order valence-electron chi connectivity index (χ3n) is 14.9. The Bertz CT molecular complexity index is 2540. The van der Waals surface area contributed by atoms with Gasteiger partial charge in [0, 0.05) is 74.2 Å². The van der Waals surface area contributed by atoms with E-state index < -0.39 is 11.9 Å². The molecule has 3 aromatic heterocycles. The standard InChI is InChI=1S/C55H78N4O6/c1-13-39-34(7)41-29-46-48(38(11)60)36(9)43(57-46)27-42-35(8)40(52(58-42)50-51(55(63)64-12)54(62)49-37(10)44(59-53(49)50)28-45(39)56-41)23-24-47(61)65-26-25-33(6)22-16-21-32(5)20-15-19-31(4)18-14-17-30(2)3/h25,27-32,34-35,39-40,51,57,59-60,62H,13-24,26H2,1-12H3/b33-25+,42-27?,45-28?,46-29?,48-38?/t31-,32-,34-,35+,39-,40+,51+/m1/s1. The zero-order chi connectivity index (χ0) is 47.3. The largest absolute Gasteiger partial charge is 0.512 e. The predicted octanol–water partition coefficient (Wildman–Crippen LogP) is 12.4. The number of aliphatic hydroxyl groups excluding tert-OH is 2. The number of aryl methyl sites for hydroxylation is 2. The first-order valence-corrected chi connectivity index (χ1v) is 24.7. The minimum absolute atomic E-state index is 0.0748. The van der Waals surface area contributed by atoms with Gasteiger partial charge in [0.05, 0.1) is 29.6 Å². The summed E-state index contributed by atoms with van der Waals surface area (Å²) < 4.78 is 11.1. The first kappa shape index (κ1) is 49.6. The number of rotatable bonds is 19. The molecule has 8 bridgehead atoms. The van der Waals surface area contributed by atoms with Gasteiger partial charge in [0.15, 0.2) is 0 Å². The van der Waals surface area contributed by atoms with Crippen LogP contribution in [0, 0.1) is 31.6 Å². The highest BCUT2D eigenvalue weighted by Gasteiger charge is 2.42. The molecule has 5 heterocycles. The third-order valence-corrected chi connectivity index (χ3v) is 14.9. The molecule has 3 aliphatic rings. The quantitative estimate of drug-likeness (QED) is 0.0686. The van der Waals surface area contributed by atoms with E-state index in [1.54, 1.807) is 6.92 Å². The van der Waals surface area contributed by atoms with Crippen LogP contribution in [-0.2, 0) is 19.1 Å². The van der Waals surface area contributed by atoms with E-state index in [4.69, 9.17) is 19.4 Å². The maximum absolute atomic E-state index is 13.7. The summed E-state index contributed by atoms with van der Waals surface area (Å²) in [5.41, 5.74) is 9.71. The summed E-state index contributed by atoms with van der Waals surface area (Å²) in [5.74, 6) is 0.302. The second kappa shape index (κ2) is 21.6. The molecular weight excluding hydrogens is 813 g/mol. The Morgan fingerprint density at radius 1 is 0.800 bits per heavy atom. The van der Waals surface area contributed by atoms with Crippen molar-refractivity contribution in [3.63, 3.8) is 0 Å². The van der Waals surface area contributed by atoms with Gasteiger partial charge in [-0.15, -0.1) is 0 Å². The highest BCUT2D eigenvalue weighted by atomic mass is 16.5. The van der Waals surface area contributed by atoms with Crippen molar-refractivity contribution in [1.29, 1.82) is 0 Å². The SMILES string of the molecule is CC[C@H]1c2cc3[nH]c4c(c5nc(cc6[nH]c(cc(n2)[C@@H]1C)c(=C(C)O)c6C)[C@@H](C)[C@@H]5CCC(=O)OC/C=C(\C)CCC[C@H](C)CCC[C@H](C)CCCC(C)C)[C@H](C(=O)OC)C(O)=c4c3C. The van der Waals surface area contributed by atoms with Gasteiger partial charge in [0.1, 0.15) is 18.3 Å². The second-order valence-corrected chi connectivity index (χ2v) is 20.4. The van der Waals surface area contributed by atoms with Crippen LogP contribution in [0.25, 0.3) is 33.6 Å². The summed E-state index contributed by atoms with van der Waals surface area (Å²) in [4.78, 5) is 44.8. The molecule has 0 radical (unpaired) electrons. The number of fused-ring (bicyclic) bond motifs is 8. The lowest BCUT2D eigenvalue weighted by molar-refractivity contribution is -0.143. The molecular formula is C55H78N4O6. The predicted molar refractivity (Wildman–Crippen MR) is 264 cm³/mol. The van der Waals surface area contributed by atoms with Crippen LogP contribution in [0.5, 0.6) is 0 Å². The third kappa shape index (κ3) is 11.1. The summed E-state index contributed by atoms with van der Waals surface area (Å²) >= 11 is 0. The lowest BCUT2D eigenvalue weighted by atomic mass is 9.84. The number of aromatic nitrogens is 4. The Hall–Kier alpha value is -4.86. The summed E-state index contributed by atoms with van der Waals surface area (Å²) in [6, 6.07) is 6.12. The molecule has 4 N–H and O–H groups in total. The van der Waals surface area contributed by atoms with Crippen molar-refractivity contribution < 1.29 is 29.3 Å². The van der Waals surface area contributed by atoms with Gasteiger partial charge >= 0.3 is 11.9 Å². The van der Waals surface area contributed by atoms with Crippen molar-refractivity contribution in [2.24, 2.45) is 17.8 Å². The highest BCUT2D eigenvalue weighted by molar-refractivity contribution is 5.96. The van der Waals surface area contributed by atoms with Crippen LogP contribution in [0.3, 0.4) is 0 Å². The van der Waals surface area contributed by atoms with Crippen molar-refractivity contribution in [3.05, 3.63) is 79.8 Å². The molecule has 0 fully saturated rings. The minimum atomic E-state index is -1.09. The van der Waals surface area contributed by atoms with Crippen LogP contribution in [0.2, 0.25) is 0 Å². The molecule has 0 spiro atoms. The lowest BCUT2D eigenvalue weighted by Crippen LogP contribution is -2.18. The molecule has 6 rings (SSSR count). The van der Waals surface area contributed by atoms with Gasteiger partial charge in [0.25, 0.3) is 0 Å². The molecule has 0 amide bonds. The molecule has 0 unspecified atom stereocenters. The fourth-order valence-corrected chi connectivity index (χ4v) is 10.8. The zero-order valence-electron chi connectivity index (χ0n) is 41.5. The molecule has 0 saturated carbocycles. The van der Waals surface area contributed by atoms with Crippen molar-refractivity contribution >= 4 is 45.5 Å². The molecule has 65 heavy (non-hydrogen) atoms. The number of ether oxygens (including phenoxy) is 2. The molecule has 0 aromatic carbocycles. The van der Waals surface area contributed by atoms with Gasteiger partial charge in [-0.05, 0) is 107 Å². The topological polar surface area (TPSA) is 150 Å². The fourth-order valence-electron chi connectivity index (χ4n) is 10.8. The van der Waals surface area contributed by atoms with Gasteiger partial charge in [-0.1, -0.05) is 99.0 Å². The summed E-state index contributed by atoms with van der Waals surface area (Å²) in [6.45, 7) is 23.8. The number of hydrogen-bond acceptors (Lipinski definition) is 8. The van der Waals surface area contributed by atoms with Gasteiger partial charge in [-0.2, -0.15) is 0 Å². The Kier molecular flexibility index (Phi) is 16.5. The number of methoxy groups -OCH3 is 1. The maximum atomic E-state index is 13.7. The van der Waals surface area contributed by atoms with E-state index in [1.807, 2.05) is 26.0 Å². The molecule has 7 atom stereocenters. The molecule has 1 aliphatic carbocycles. The van der Waals surface area contributed by atoms with E-state index in [9.17, 15) is 19.8 Å². The van der Waals surface area contributed by atoms with Crippen molar-refractivity contribution in [3.8, 4) is 0 Å². The number of nitrogens with zero attached hydrogens (tertiary/aromatic N) is 2. The number of carbonyl (C=O) groups excluding carboxylic acids is 2. The number of aromatic amines is 2. The van der Waals surface area contributed by atoms with Gasteiger partial charge < -0.3 is 29.7 Å². The first-order chi connectivity index (χ1) is 30.9. The molecule has 0 saturated heterocycles. The monoisotopic (exact) mass is 891 g/mol. The first-order valence-electron chi connectivity index (χ1n) is 24.7. The average molecular weight is 891 g/mol. The van der Waals surface area contributed by atoms with Gasteiger partial charge in [-0.3, -0.25) is 19.6 Å². The Labute approximate surface area is 387 Å². The normalized spacial score (nSPS) is 20.9. The highest BCUT2D eigenvalue weighted by Crippen LogP contribution is 2.46. The average Bonchev–Trinajstić information content (AvgIpc) is 4.00. The van der Waals surface area contributed by atoms with Crippen LogP contribution in [-0.4, -0.2) is 55.8 Å². The number of aliphatic hydroxyl groups is 2. The number of hydrogen-bond donors (Lipinski definition) is 4. The van der Waals surface area contributed by atoms with Crippen LogP contribution < -0.4 is 10.4 Å². The molecule has 10 nitrogen and oxygen atoms in total. The molecule has 3 aromatic rings. The van der Waals surface area contributed by atoms with Crippen LogP contribution in [0.15, 0.2) is 29.8 Å². The van der Waals surface area contributed by atoms with E-state index >= 15 is 0 Å². The van der Waals surface area contributed by atoms with E-state index in [-0.39, 0.29) is 54.2 Å². The summed E-state index contributed by atoms with van der Waals surface area (Å²) in [6.07, 6.45) is 14.8. The summed E-state index contributed by atoms with van der Waals surface area (Å²) in [5, 5.41) is 24.2. The second-order valence-electron chi connectivity index (χ2n) is 20.4. The van der Waals surface area contributed by atoms with Crippen molar-refractivity contribution in [2.45, 2.75) is 183 Å². The zero-order valence-corrected chi connectivity index (χ0v) is 41.5. The fraction of sp³-hybridized carbons (Fsp3) is 0.600. The number of carbonyl (C=O) groups is 2. The van der Waals surface area contributed by atoms with Crippen LogP contribution in [0.4, 0.5) is 0 Å². The van der Waals surface area contributed by atoms with Crippen molar-refractivity contribution in [2.75, 3.05) is 13.7 Å². The van der Waals surface area contributed by atoms with E-state index in [0.29, 0.717) is 34.3 Å². The molecule has 354 valence electrons. The minimum Gasteiger partial charge on any atom is -0.512 e. The summed E-state index contributed by atoms with van der Waals surface area (Å²) in [7, 11) is 1.33. The molecule has 2 aliphatic heterocycles. The Balaban J connectivity index is 1.25.